The topological polar surface area (TPSA) is 30.0 Å². The fourth-order valence-electron chi connectivity index (χ4n) is 1.93. The van der Waals surface area contributed by atoms with E-state index in [-0.39, 0.29) is 5.78 Å². The Hall–Kier alpha value is -1.44. The van der Waals surface area contributed by atoms with Gasteiger partial charge in [-0.2, -0.15) is 0 Å². The van der Waals surface area contributed by atoms with Gasteiger partial charge in [-0.25, -0.2) is 4.98 Å². The van der Waals surface area contributed by atoms with Crippen LogP contribution in [-0.2, 0) is 12.8 Å². The van der Waals surface area contributed by atoms with Gasteiger partial charge >= 0.3 is 0 Å². The molecule has 1 heterocycles. The van der Waals surface area contributed by atoms with Gasteiger partial charge in [-0.1, -0.05) is 12.6 Å². The van der Waals surface area contributed by atoms with Crippen LogP contribution in [0, 0.1) is 0 Å². The number of pyridine rings is 1. The van der Waals surface area contributed by atoms with E-state index in [0.717, 1.165) is 18.5 Å². The van der Waals surface area contributed by atoms with Gasteiger partial charge in [0.1, 0.15) is 5.69 Å². The van der Waals surface area contributed by atoms with Gasteiger partial charge in [-0.15, -0.1) is 0 Å². The summed E-state index contributed by atoms with van der Waals surface area (Å²) in [6.07, 6.45) is 4.53. The van der Waals surface area contributed by atoms with Crippen LogP contribution in [-0.4, -0.2) is 10.8 Å². The van der Waals surface area contributed by atoms with Crippen LogP contribution in [0.3, 0.4) is 0 Å². The van der Waals surface area contributed by atoms with E-state index in [4.69, 9.17) is 0 Å². The molecule has 0 spiro atoms. The molecule has 78 valence electrons. The minimum absolute atomic E-state index is 0.0385. The Labute approximate surface area is 90.0 Å². The van der Waals surface area contributed by atoms with Crippen molar-refractivity contribution in [3.8, 4) is 0 Å². The molecule has 2 nitrogen and oxygen atoms in total. The molecule has 1 aliphatic rings. The zero-order valence-electron chi connectivity index (χ0n) is 9.05. The molecule has 0 unspecified atom stereocenters. The van der Waals surface area contributed by atoms with E-state index in [2.05, 4.69) is 11.6 Å². The van der Waals surface area contributed by atoms with Crippen LogP contribution in [0.4, 0.5) is 0 Å². The number of rotatable bonds is 2. The first-order valence-electron chi connectivity index (χ1n) is 5.37. The first-order valence-corrected chi connectivity index (χ1v) is 5.37. The zero-order chi connectivity index (χ0) is 10.8. The number of aryl methyl sites for hydroxylation is 2. The number of hydrogen-bond donors (Lipinski definition) is 0. The number of carbonyl (C=O) groups excluding carboxylic acids is 1. The van der Waals surface area contributed by atoms with Crippen LogP contribution in [0.25, 0.3) is 0 Å². The highest BCUT2D eigenvalue weighted by molar-refractivity contribution is 6.06. The smallest absolute Gasteiger partial charge is 0.206 e. The molecule has 0 N–H and O–H groups in total. The largest absolute Gasteiger partial charge is 0.287 e. The molecular formula is C13H15NO. The van der Waals surface area contributed by atoms with E-state index >= 15 is 0 Å². The number of nitrogens with zero attached hydrogens (tertiary/aromatic N) is 1. The maximum atomic E-state index is 11.7. The molecule has 0 atom stereocenters. The molecule has 1 aromatic rings. The van der Waals surface area contributed by atoms with E-state index in [1.165, 1.54) is 18.4 Å². The summed E-state index contributed by atoms with van der Waals surface area (Å²) in [4.78, 5) is 16.1. The summed E-state index contributed by atoms with van der Waals surface area (Å²) in [7, 11) is 0. The van der Waals surface area contributed by atoms with Gasteiger partial charge in [0.15, 0.2) is 0 Å². The molecule has 0 aromatic carbocycles. The van der Waals surface area contributed by atoms with Gasteiger partial charge in [0, 0.05) is 5.69 Å². The fourth-order valence-corrected chi connectivity index (χ4v) is 1.93. The Balaban J connectivity index is 2.36. The van der Waals surface area contributed by atoms with Crippen LogP contribution in [0.15, 0.2) is 24.3 Å². The van der Waals surface area contributed by atoms with Crippen molar-refractivity contribution in [1.29, 1.82) is 0 Å². The highest BCUT2D eigenvalue weighted by atomic mass is 16.1. The number of Topliss-reactive ketones (excluding diaryl/α,β-unsaturated/α-hetero) is 1. The van der Waals surface area contributed by atoms with E-state index in [9.17, 15) is 4.79 Å². The molecule has 0 fully saturated rings. The molecule has 0 amide bonds. The van der Waals surface area contributed by atoms with Crippen molar-refractivity contribution in [3.05, 3.63) is 41.2 Å². The fraction of sp³-hybridized carbons (Fsp3) is 0.385. The third kappa shape index (κ3) is 1.99. The van der Waals surface area contributed by atoms with Crippen molar-refractivity contribution in [2.24, 2.45) is 0 Å². The first kappa shape index (κ1) is 10.1. The van der Waals surface area contributed by atoms with Crippen molar-refractivity contribution in [2.75, 3.05) is 0 Å². The number of aromatic nitrogens is 1. The lowest BCUT2D eigenvalue weighted by Crippen LogP contribution is -2.10. The molecular weight excluding hydrogens is 186 g/mol. The predicted octanol–water partition coefficient (Wildman–Crippen LogP) is 2.72. The summed E-state index contributed by atoms with van der Waals surface area (Å²) in [5.41, 5.74) is 3.51. The Morgan fingerprint density at radius 1 is 1.33 bits per heavy atom. The predicted molar refractivity (Wildman–Crippen MR) is 60.0 cm³/mol. The number of ketones is 1. The Morgan fingerprint density at radius 3 is 2.80 bits per heavy atom. The summed E-state index contributed by atoms with van der Waals surface area (Å²) in [6, 6.07) is 3.86. The van der Waals surface area contributed by atoms with Gasteiger partial charge in [-0.3, -0.25) is 4.79 Å². The molecule has 0 bridgehead atoms. The normalized spacial score (nSPS) is 14.5. The monoisotopic (exact) mass is 201 g/mol. The summed E-state index contributed by atoms with van der Waals surface area (Å²) in [6.45, 7) is 5.38. The summed E-state index contributed by atoms with van der Waals surface area (Å²) in [5, 5.41) is 0. The summed E-state index contributed by atoms with van der Waals surface area (Å²) in [5.74, 6) is -0.0385. The molecule has 1 aliphatic carbocycles. The molecule has 2 heteroatoms. The second kappa shape index (κ2) is 3.97. The molecule has 0 saturated heterocycles. The minimum Gasteiger partial charge on any atom is -0.287 e. The van der Waals surface area contributed by atoms with Crippen LogP contribution >= 0.6 is 0 Å². The third-order valence-electron chi connectivity index (χ3n) is 2.80. The highest BCUT2D eigenvalue weighted by Crippen LogP contribution is 2.20. The molecule has 0 saturated carbocycles. The van der Waals surface area contributed by atoms with Crippen molar-refractivity contribution in [1.82, 2.24) is 4.98 Å². The number of fused-ring (bicyclic) bond motifs is 1. The molecule has 1 aromatic heterocycles. The Kier molecular flexibility index (Phi) is 2.67. The van der Waals surface area contributed by atoms with E-state index in [1.807, 2.05) is 12.1 Å². The van der Waals surface area contributed by atoms with Crippen molar-refractivity contribution >= 4 is 5.78 Å². The molecule has 15 heavy (non-hydrogen) atoms. The Bertz CT molecular complexity index is 421. The quantitative estimate of drug-likeness (QED) is 0.544. The lowest BCUT2D eigenvalue weighted by atomic mass is 9.95. The second-order valence-corrected chi connectivity index (χ2v) is 4.12. The van der Waals surface area contributed by atoms with Crippen LogP contribution in [0.1, 0.15) is 41.5 Å². The maximum absolute atomic E-state index is 11.7. The third-order valence-corrected chi connectivity index (χ3v) is 2.80. The minimum atomic E-state index is -0.0385. The maximum Gasteiger partial charge on any atom is 0.206 e. The van der Waals surface area contributed by atoms with Gasteiger partial charge in [-0.05, 0) is 49.8 Å². The zero-order valence-corrected chi connectivity index (χ0v) is 9.05. The van der Waals surface area contributed by atoms with Gasteiger partial charge in [0.05, 0.1) is 0 Å². The summed E-state index contributed by atoms with van der Waals surface area (Å²) >= 11 is 0. The molecule has 0 aliphatic heterocycles. The first-order chi connectivity index (χ1) is 7.18. The number of carbonyl (C=O) groups is 1. The average molecular weight is 201 g/mol. The summed E-state index contributed by atoms with van der Waals surface area (Å²) < 4.78 is 0. The van der Waals surface area contributed by atoms with Crippen molar-refractivity contribution < 1.29 is 4.79 Å². The Morgan fingerprint density at radius 2 is 2.07 bits per heavy atom. The van der Waals surface area contributed by atoms with Crippen LogP contribution in [0.5, 0.6) is 0 Å². The lowest BCUT2D eigenvalue weighted by molar-refractivity contribution is 0.103. The van der Waals surface area contributed by atoms with E-state index in [0.29, 0.717) is 11.3 Å². The van der Waals surface area contributed by atoms with Gasteiger partial charge < -0.3 is 0 Å². The lowest BCUT2D eigenvalue weighted by Gasteiger charge is -2.14. The average Bonchev–Trinajstić information content (AvgIpc) is 2.27. The van der Waals surface area contributed by atoms with Crippen molar-refractivity contribution in [3.63, 3.8) is 0 Å². The second-order valence-electron chi connectivity index (χ2n) is 4.12. The van der Waals surface area contributed by atoms with Crippen LogP contribution in [0.2, 0.25) is 0 Å². The number of hydrogen-bond acceptors (Lipinski definition) is 2. The van der Waals surface area contributed by atoms with E-state index < -0.39 is 0 Å². The van der Waals surface area contributed by atoms with Crippen molar-refractivity contribution in [2.45, 2.75) is 32.6 Å². The molecule has 2 rings (SSSR count). The van der Waals surface area contributed by atoms with Gasteiger partial charge in [0.2, 0.25) is 5.78 Å². The molecule has 0 radical (unpaired) electrons. The highest BCUT2D eigenvalue weighted by Gasteiger charge is 2.14. The van der Waals surface area contributed by atoms with E-state index in [1.54, 1.807) is 6.92 Å². The van der Waals surface area contributed by atoms with Gasteiger partial charge in [0.25, 0.3) is 0 Å². The number of allylic oxidation sites excluding steroid dienone is 1. The standard InChI is InChI=1S/C13H15NO/c1-9(2)13(15)12-8-7-10-5-3-4-6-11(10)14-12/h7-8H,1,3-6H2,2H3. The SMILES string of the molecule is C=C(C)C(=O)c1ccc2c(n1)CCCC2. The van der Waals surface area contributed by atoms with Crippen LogP contribution < -0.4 is 0 Å².